The SMILES string of the molecule is N/C(=N\OC(=O)c1cccc(COc2c(Cl)cc(Cl)cc2Cl)c1)c1ccc(F)cc1. The molecule has 0 atom stereocenters. The van der Waals surface area contributed by atoms with Crippen LogP contribution >= 0.6 is 34.8 Å². The maximum Gasteiger partial charge on any atom is 0.365 e. The van der Waals surface area contributed by atoms with Crippen molar-refractivity contribution in [1.82, 2.24) is 0 Å². The van der Waals surface area contributed by atoms with Crippen LogP contribution in [0.2, 0.25) is 15.1 Å². The number of carbonyl (C=O) groups is 1. The van der Waals surface area contributed by atoms with Gasteiger partial charge >= 0.3 is 5.97 Å². The summed E-state index contributed by atoms with van der Waals surface area (Å²) in [5.74, 6) is -0.907. The van der Waals surface area contributed by atoms with Crippen molar-refractivity contribution in [3.8, 4) is 5.75 Å². The highest BCUT2D eigenvalue weighted by Gasteiger charge is 2.12. The molecule has 0 aromatic heterocycles. The molecule has 0 bridgehead atoms. The number of ether oxygens (including phenoxy) is 1. The van der Waals surface area contributed by atoms with Crippen molar-refractivity contribution in [3.63, 3.8) is 0 Å². The van der Waals surface area contributed by atoms with Gasteiger partial charge in [-0.1, -0.05) is 52.1 Å². The van der Waals surface area contributed by atoms with Gasteiger partial charge < -0.3 is 15.3 Å². The molecule has 3 aromatic carbocycles. The van der Waals surface area contributed by atoms with E-state index in [1.165, 1.54) is 36.4 Å². The van der Waals surface area contributed by atoms with Crippen molar-refractivity contribution in [2.45, 2.75) is 6.61 Å². The minimum atomic E-state index is -0.718. The van der Waals surface area contributed by atoms with Gasteiger partial charge in [-0.2, -0.15) is 0 Å². The van der Waals surface area contributed by atoms with E-state index in [1.807, 2.05) is 0 Å². The van der Waals surface area contributed by atoms with Gasteiger partial charge in [0.15, 0.2) is 11.6 Å². The molecule has 0 amide bonds. The van der Waals surface area contributed by atoms with Gasteiger partial charge in [0.2, 0.25) is 0 Å². The number of halogens is 4. The lowest BCUT2D eigenvalue weighted by Gasteiger charge is -2.11. The van der Waals surface area contributed by atoms with Gasteiger partial charge in [-0.3, -0.25) is 0 Å². The summed E-state index contributed by atoms with van der Waals surface area (Å²) in [5, 5.41) is 4.53. The number of nitrogens with zero attached hydrogens (tertiary/aromatic N) is 1. The molecule has 9 heteroatoms. The number of carbonyl (C=O) groups excluding carboxylic acids is 1. The van der Waals surface area contributed by atoms with Gasteiger partial charge in [0.1, 0.15) is 12.4 Å². The fourth-order valence-corrected chi connectivity index (χ4v) is 3.35. The fraction of sp³-hybridized carbons (Fsp3) is 0.0476. The van der Waals surface area contributed by atoms with E-state index < -0.39 is 11.8 Å². The van der Waals surface area contributed by atoms with Crippen LogP contribution in [-0.2, 0) is 11.4 Å². The first-order chi connectivity index (χ1) is 14.3. The van der Waals surface area contributed by atoms with Crippen LogP contribution in [0, 0.1) is 5.82 Å². The van der Waals surface area contributed by atoms with Crippen molar-refractivity contribution >= 4 is 46.6 Å². The molecular weight excluding hydrogens is 454 g/mol. The molecule has 0 heterocycles. The molecule has 0 aliphatic carbocycles. The first-order valence-corrected chi connectivity index (χ1v) is 9.64. The third kappa shape index (κ3) is 5.63. The monoisotopic (exact) mass is 466 g/mol. The van der Waals surface area contributed by atoms with E-state index in [4.69, 9.17) is 50.1 Å². The van der Waals surface area contributed by atoms with Crippen LogP contribution in [0.15, 0.2) is 65.8 Å². The minimum Gasteiger partial charge on any atom is -0.486 e. The quantitative estimate of drug-likeness (QED) is 0.214. The summed E-state index contributed by atoms with van der Waals surface area (Å²) >= 11 is 18.1. The van der Waals surface area contributed by atoms with Crippen LogP contribution < -0.4 is 10.5 Å². The zero-order chi connectivity index (χ0) is 21.7. The molecule has 0 unspecified atom stereocenters. The number of oxime groups is 1. The van der Waals surface area contributed by atoms with Crippen molar-refractivity contribution in [3.05, 3.63) is 98.2 Å². The average Bonchev–Trinajstić information content (AvgIpc) is 2.71. The molecule has 3 rings (SSSR count). The van der Waals surface area contributed by atoms with Crippen LogP contribution in [0.5, 0.6) is 5.75 Å². The molecular formula is C21H14Cl3FN2O3. The van der Waals surface area contributed by atoms with Gasteiger partial charge in [-0.05, 0) is 54.1 Å². The molecule has 0 aliphatic heterocycles. The predicted molar refractivity (Wildman–Crippen MR) is 115 cm³/mol. The number of hydrogen-bond acceptors (Lipinski definition) is 4. The molecule has 0 saturated carbocycles. The number of hydrogen-bond donors (Lipinski definition) is 1. The normalized spacial score (nSPS) is 11.3. The molecule has 0 spiro atoms. The largest absolute Gasteiger partial charge is 0.486 e. The molecule has 154 valence electrons. The molecule has 3 aromatic rings. The number of nitrogens with two attached hydrogens (primary N) is 1. The summed E-state index contributed by atoms with van der Waals surface area (Å²) in [4.78, 5) is 17.1. The lowest BCUT2D eigenvalue weighted by molar-refractivity contribution is 0.0516. The van der Waals surface area contributed by atoms with Gasteiger partial charge in [0.05, 0.1) is 15.6 Å². The summed E-state index contributed by atoms with van der Waals surface area (Å²) in [6.45, 7) is 0.100. The summed E-state index contributed by atoms with van der Waals surface area (Å²) in [6.07, 6.45) is 0. The second-order valence-electron chi connectivity index (χ2n) is 6.05. The standard InChI is InChI=1S/C21H14Cl3FN2O3/c22-15-9-17(23)19(18(24)10-15)29-11-12-2-1-3-14(8-12)21(28)30-27-20(26)13-4-6-16(25)7-5-13/h1-10H,11H2,(H2,26,27). The maximum atomic E-state index is 13.0. The summed E-state index contributed by atoms with van der Waals surface area (Å²) in [7, 11) is 0. The van der Waals surface area contributed by atoms with Crippen molar-refractivity contribution < 1.29 is 18.8 Å². The van der Waals surface area contributed by atoms with Gasteiger partial charge in [-0.15, -0.1) is 0 Å². The second kappa shape index (κ2) is 9.80. The van der Waals surface area contributed by atoms with E-state index >= 15 is 0 Å². The molecule has 5 nitrogen and oxygen atoms in total. The molecule has 0 fully saturated rings. The Morgan fingerprint density at radius 2 is 1.63 bits per heavy atom. The Bertz CT molecular complexity index is 1080. The summed E-state index contributed by atoms with van der Waals surface area (Å²) < 4.78 is 18.6. The Labute approximate surface area is 186 Å². The van der Waals surface area contributed by atoms with Crippen LogP contribution in [-0.4, -0.2) is 11.8 Å². The molecule has 0 saturated heterocycles. The van der Waals surface area contributed by atoms with E-state index in [-0.39, 0.29) is 33.8 Å². The topological polar surface area (TPSA) is 73.9 Å². The highest BCUT2D eigenvalue weighted by Crippen LogP contribution is 2.36. The molecule has 0 aliphatic rings. The van der Waals surface area contributed by atoms with Crippen LogP contribution in [0.3, 0.4) is 0 Å². The molecule has 2 N–H and O–H groups in total. The van der Waals surface area contributed by atoms with Crippen molar-refractivity contribution in [2.75, 3.05) is 0 Å². The first-order valence-electron chi connectivity index (χ1n) is 8.50. The predicted octanol–water partition coefficient (Wildman–Crippen LogP) is 5.84. The minimum absolute atomic E-state index is 0.0603. The Morgan fingerprint density at radius 1 is 0.967 bits per heavy atom. The van der Waals surface area contributed by atoms with Crippen LogP contribution in [0.1, 0.15) is 21.5 Å². The Balaban J connectivity index is 1.67. The number of amidine groups is 1. The summed E-state index contributed by atoms with van der Waals surface area (Å²) in [5.41, 5.74) is 7.07. The Hall–Kier alpha value is -2.80. The Morgan fingerprint density at radius 3 is 2.30 bits per heavy atom. The van der Waals surface area contributed by atoms with E-state index in [1.54, 1.807) is 24.3 Å². The maximum absolute atomic E-state index is 13.0. The van der Waals surface area contributed by atoms with E-state index in [9.17, 15) is 9.18 Å². The average molecular weight is 468 g/mol. The zero-order valence-electron chi connectivity index (χ0n) is 15.2. The lowest BCUT2D eigenvalue weighted by atomic mass is 10.1. The summed E-state index contributed by atoms with van der Waals surface area (Å²) in [6, 6.07) is 14.9. The van der Waals surface area contributed by atoms with Crippen molar-refractivity contribution in [2.24, 2.45) is 10.9 Å². The highest BCUT2D eigenvalue weighted by molar-refractivity contribution is 6.40. The van der Waals surface area contributed by atoms with Crippen molar-refractivity contribution in [1.29, 1.82) is 0 Å². The number of benzene rings is 3. The highest BCUT2D eigenvalue weighted by atomic mass is 35.5. The van der Waals surface area contributed by atoms with Gasteiger partial charge in [0.25, 0.3) is 0 Å². The van der Waals surface area contributed by atoms with Gasteiger partial charge in [0, 0.05) is 10.6 Å². The smallest absolute Gasteiger partial charge is 0.365 e. The van der Waals surface area contributed by atoms with Crippen LogP contribution in [0.4, 0.5) is 4.39 Å². The van der Waals surface area contributed by atoms with E-state index in [0.29, 0.717) is 16.1 Å². The fourth-order valence-electron chi connectivity index (χ4n) is 2.43. The van der Waals surface area contributed by atoms with Crippen LogP contribution in [0.25, 0.3) is 0 Å². The molecule has 0 radical (unpaired) electrons. The third-order valence-electron chi connectivity index (χ3n) is 3.88. The third-order valence-corrected chi connectivity index (χ3v) is 4.66. The first kappa shape index (κ1) is 21.9. The van der Waals surface area contributed by atoms with Gasteiger partial charge in [-0.25, -0.2) is 9.18 Å². The van der Waals surface area contributed by atoms with E-state index in [0.717, 1.165) is 0 Å². The molecule has 30 heavy (non-hydrogen) atoms. The number of rotatable bonds is 6. The lowest BCUT2D eigenvalue weighted by Crippen LogP contribution is -2.15. The zero-order valence-corrected chi connectivity index (χ0v) is 17.5. The van der Waals surface area contributed by atoms with E-state index in [2.05, 4.69) is 5.16 Å². The second-order valence-corrected chi connectivity index (χ2v) is 7.30. The Kier molecular flexibility index (Phi) is 7.15.